The molecule has 0 radical (unpaired) electrons. The number of halogens is 1. The molecule has 0 spiro atoms. The summed E-state index contributed by atoms with van der Waals surface area (Å²) in [5, 5.41) is 4.76. The van der Waals surface area contributed by atoms with E-state index in [-0.39, 0.29) is 11.4 Å². The van der Waals surface area contributed by atoms with Crippen molar-refractivity contribution in [3.63, 3.8) is 0 Å². The summed E-state index contributed by atoms with van der Waals surface area (Å²) in [4.78, 5) is 0.178. The van der Waals surface area contributed by atoms with E-state index in [1.54, 1.807) is 36.0 Å². The van der Waals surface area contributed by atoms with Crippen LogP contribution in [0.3, 0.4) is 0 Å². The highest BCUT2D eigenvalue weighted by Crippen LogP contribution is 2.20. The zero-order chi connectivity index (χ0) is 17.2. The molecule has 0 aliphatic rings. The molecule has 0 atom stereocenters. The van der Waals surface area contributed by atoms with Gasteiger partial charge in [-0.05, 0) is 42.8 Å². The molecule has 24 heavy (non-hydrogen) atoms. The molecule has 0 aliphatic heterocycles. The third-order valence-corrected chi connectivity index (χ3v) is 5.33. The number of rotatable bonds is 5. The van der Waals surface area contributed by atoms with Gasteiger partial charge in [-0.1, -0.05) is 35.9 Å². The summed E-state index contributed by atoms with van der Waals surface area (Å²) in [7, 11) is -3.65. The van der Waals surface area contributed by atoms with E-state index in [4.69, 9.17) is 11.6 Å². The summed E-state index contributed by atoms with van der Waals surface area (Å²) < 4.78 is 29.2. The van der Waals surface area contributed by atoms with Gasteiger partial charge in [0.1, 0.15) is 0 Å². The van der Waals surface area contributed by atoms with Crippen LogP contribution in [0.25, 0.3) is 5.69 Å². The first-order valence-electron chi connectivity index (χ1n) is 7.31. The van der Waals surface area contributed by atoms with Gasteiger partial charge in [0.15, 0.2) is 0 Å². The fourth-order valence-corrected chi connectivity index (χ4v) is 3.79. The van der Waals surface area contributed by atoms with Crippen molar-refractivity contribution in [1.29, 1.82) is 0 Å². The highest BCUT2D eigenvalue weighted by Gasteiger charge is 2.17. The van der Waals surface area contributed by atoms with Crippen molar-refractivity contribution in [3.05, 3.63) is 77.1 Å². The molecule has 1 N–H and O–H groups in total. The van der Waals surface area contributed by atoms with Crippen LogP contribution in [0.2, 0.25) is 5.02 Å². The van der Waals surface area contributed by atoms with Gasteiger partial charge in [0.2, 0.25) is 10.0 Å². The van der Waals surface area contributed by atoms with Gasteiger partial charge in [0, 0.05) is 11.2 Å². The molecule has 2 aromatic carbocycles. The zero-order valence-corrected chi connectivity index (χ0v) is 14.6. The molecule has 0 bridgehead atoms. The average Bonchev–Trinajstić information content (AvgIpc) is 3.05. The quantitative estimate of drug-likeness (QED) is 0.758. The molecule has 0 saturated carbocycles. The van der Waals surface area contributed by atoms with Crippen LogP contribution in [-0.2, 0) is 16.6 Å². The number of aryl methyl sites for hydroxylation is 1. The molecule has 1 heterocycles. The van der Waals surface area contributed by atoms with E-state index in [0.29, 0.717) is 16.3 Å². The number of benzene rings is 2. The lowest BCUT2D eigenvalue weighted by molar-refractivity contribution is 0.579. The normalized spacial score (nSPS) is 11.6. The van der Waals surface area contributed by atoms with E-state index in [1.165, 1.54) is 6.07 Å². The topological polar surface area (TPSA) is 64.0 Å². The first-order chi connectivity index (χ1) is 11.5. The molecule has 5 nitrogen and oxygen atoms in total. The van der Waals surface area contributed by atoms with Crippen molar-refractivity contribution in [2.24, 2.45) is 0 Å². The number of nitrogens with one attached hydrogen (secondary N) is 1. The maximum Gasteiger partial charge on any atom is 0.241 e. The summed E-state index contributed by atoms with van der Waals surface area (Å²) in [6, 6.07) is 16.2. The van der Waals surface area contributed by atoms with Crippen molar-refractivity contribution in [2.75, 3.05) is 0 Å². The first kappa shape index (κ1) is 16.7. The molecule has 0 unspecified atom stereocenters. The Labute approximate surface area is 145 Å². The number of aromatic nitrogens is 2. The second kappa shape index (κ2) is 6.76. The molecule has 0 amide bonds. The molecule has 0 fully saturated rings. The first-order valence-corrected chi connectivity index (χ1v) is 9.17. The van der Waals surface area contributed by atoms with Gasteiger partial charge in [0.05, 0.1) is 22.8 Å². The Hall–Kier alpha value is -2.15. The molecule has 7 heteroatoms. The van der Waals surface area contributed by atoms with Gasteiger partial charge in [-0.3, -0.25) is 0 Å². The molecule has 3 aromatic rings. The third kappa shape index (κ3) is 3.67. The lowest BCUT2D eigenvalue weighted by Crippen LogP contribution is -2.24. The van der Waals surface area contributed by atoms with Gasteiger partial charge >= 0.3 is 0 Å². The van der Waals surface area contributed by atoms with Gasteiger partial charge in [-0.2, -0.15) is 5.10 Å². The lowest BCUT2D eigenvalue weighted by atomic mass is 10.2. The van der Waals surface area contributed by atoms with Crippen LogP contribution in [0.4, 0.5) is 0 Å². The molecular weight excluding hydrogens is 346 g/mol. The van der Waals surface area contributed by atoms with Gasteiger partial charge in [-0.25, -0.2) is 17.8 Å². The summed E-state index contributed by atoms with van der Waals surface area (Å²) >= 11 is 5.90. The number of para-hydroxylation sites is 1. The highest BCUT2D eigenvalue weighted by molar-refractivity contribution is 7.89. The molecule has 0 aliphatic carbocycles. The summed E-state index contributed by atoms with van der Waals surface area (Å²) in [6.45, 7) is 1.84. The van der Waals surface area contributed by atoms with Crippen LogP contribution in [0.5, 0.6) is 0 Å². The van der Waals surface area contributed by atoms with Crippen LogP contribution >= 0.6 is 11.6 Å². The summed E-state index contributed by atoms with van der Waals surface area (Å²) in [6.07, 6.45) is 1.80. The van der Waals surface area contributed by atoms with E-state index >= 15 is 0 Å². The van der Waals surface area contributed by atoms with Gasteiger partial charge in [-0.15, -0.1) is 0 Å². The maximum atomic E-state index is 12.5. The van der Waals surface area contributed by atoms with E-state index in [1.807, 2.05) is 30.3 Å². The van der Waals surface area contributed by atoms with Crippen LogP contribution in [0.15, 0.2) is 65.7 Å². The summed E-state index contributed by atoms with van der Waals surface area (Å²) in [5.74, 6) is 0. The number of hydrogen-bond acceptors (Lipinski definition) is 3. The van der Waals surface area contributed by atoms with E-state index < -0.39 is 10.0 Å². The van der Waals surface area contributed by atoms with Gasteiger partial charge in [0.25, 0.3) is 0 Å². The largest absolute Gasteiger partial charge is 0.241 e. The standard InChI is InChI=1S/C17H16ClN3O2S/c1-13-7-8-14(18)11-17(13)24(22,23)19-12-15-9-10-21(20-15)16-5-3-2-4-6-16/h2-11,19H,12H2,1H3. The fraction of sp³-hybridized carbons (Fsp3) is 0.118. The molecule has 1 aromatic heterocycles. The highest BCUT2D eigenvalue weighted by atomic mass is 35.5. The summed E-state index contributed by atoms with van der Waals surface area (Å²) in [5.41, 5.74) is 2.18. The second-order valence-corrected chi connectivity index (χ2v) is 7.49. The third-order valence-electron chi connectivity index (χ3n) is 3.55. The Morgan fingerprint density at radius 3 is 2.62 bits per heavy atom. The SMILES string of the molecule is Cc1ccc(Cl)cc1S(=O)(=O)NCc1ccn(-c2ccccc2)n1. The van der Waals surface area contributed by atoms with Crippen molar-refractivity contribution in [2.45, 2.75) is 18.4 Å². The molecule has 124 valence electrons. The smallest absolute Gasteiger partial charge is 0.241 e. The van der Waals surface area contributed by atoms with Gasteiger partial charge < -0.3 is 0 Å². The zero-order valence-electron chi connectivity index (χ0n) is 13.0. The predicted octanol–water partition coefficient (Wildman–Crippen LogP) is 3.31. The van der Waals surface area contributed by atoms with Crippen LogP contribution < -0.4 is 4.72 Å². The monoisotopic (exact) mass is 361 g/mol. The van der Waals surface area contributed by atoms with Crippen molar-refractivity contribution in [1.82, 2.24) is 14.5 Å². The minimum absolute atomic E-state index is 0.105. The number of hydrogen-bond donors (Lipinski definition) is 1. The van der Waals surface area contributed by atoms with Crippen LogP contribution in [0, 0.1) is 6.92 Å². The minimum atomic E-state index is -3.65. The van der Waals surface area contributed by atoms with E-state index in [2.05, 4.69) is 9.82 Å². The number of sulfonamides is 1. The van der Waals surface area contributed by atoms with E-state index in [0.717, 1.165) is 5.69 Å². The van der Waals surface area contributed by atoms with Crippen molar-refractivity contribution < 1.29 is 8.42 Å². The van der Waals surface area contributed by atoms with Crippen LogP contribution in [0.1, 0.15) is 11.3 Å². The average molecular weight is 362 g/mol. The number of nitrogens with zero attached hydrogens (tertiary/aromatic N) is 2. The predicted molar refractivity (Wildman–Crippen MR) is 93.8 cm³/mol. The Bertz CT molecular complexity index is 953. The Morgan fingerprint density at radius 2 is 1.88 bits per heavy atom. The molecule has 0 saturated heterocycles. The molecule has 3 rings (SSSR count). The van der Waals surface area contributed by atoms with E-state index in [9.17, 15) is 8.42 Å². The molecular formula is C17H16ClN3O2S. The second-order valence-electron chi connectivity index (χ2n) is 5.32. The minimum Gasteiger partial charge on any atom is -0.241 e. The van der Waals surface area contributed by atoms with Crippen LogP contribution in [-0.4, -0.2) is 18.2 Å². The Morgan fingerprint density at radius 1 is 1.12 bits per heavy atom. The lowest BCUT2D eigenvalue weighted by Gasteiger charge is -2.08. The fourth-order valence-electron chi connectivity index (χ4n) is 2.29. The maximum absolute atomic E-state index is 12.5. The Balaban J connectivity index is 1.76. The Kier molecular flexibility index (Phi) is 4.71. The van der Waals surface area contributed by atoms with Crippen molar-refractivity contribution in [3.8, 4) is 5.69 Å². The van der Waals surface area contributed by atoms with Crippen molar-refractivity contribution >= 4 is 21.6 Å².